The fourth-order valence-electron chi connectivity index (χ4n) is 2.52. The minimum absolute atomic E-state index is 1.14. The quantitative estimate of drug-likeness (QED) is 0.362. The fourth-order valence-corrected chi connectivity index (χ4v) is 3.07. The molecule has 114 valence electrons. The van der Waals surface area contributed by atoms with Gasteiger partial charge in [-0.1, -0.05) is 76.8 Å². The molecule has 0 nitrogen and oxygen atoms in total. The normalized spacial score (nSPS) is 10.9. The second kappa shape index (κ2) is 12.6. The summed E-state index contributed by atoms with van der Waals surface area (Å²) in [7, 11) is 7.01. The zero-order valence-electron chi connectivity index (χ0n) is 12.9. The second-order valence-electron chi connectivity index (χ2n) is 5.65. The highest BCUT2D eigenvalue weighted by molar-refractivity contribution is 8.21. The van der Waals surface area contributed by atoms with Crippen LogP contribution in [0.3, 0.4) is 0 Å². The van der Waals surface area contributed by atoms with E-state index in [-0.39, 0.29) is 0 Å². The van der Waals surface area contributed by atoms with Crippen molar-refractivity contribution in [1.29, 1.82) is 0 Å². The topological polar surface area (TPSA) is 0 Å². The third-order valence-corrected chi connectivity index (χ3v) is 4.82. The second-order valence-corrected chi connectivity index (χ2v) is 6.74. The first kappa shape index (κ1) is 17.9. The molecule has 0 saturated carbocycles. The van der Waals surface area contributed by atoms with Crippen molar-refractivity contribution in [3.05, 3.63) is 29.8 Å². The van der Waals surface area contributed by atoms with Crippen LogP contribution in [0.1, 0.15) is 76.7 Å². The van der Waals surface area contributed by atoms with Crippen molar-refractivity contribution < 1.29 is 0 Å². The summed E-state index contributed by atoms with van der Waals surface area (Å²) in [5, 5.41) is 0. The van der Waals surface area contributed by atoms with Crippen LogP contribution in [0.4, 0.5) is 0 Å². The Morgan fingerprint density at radius 2 is 1.25 bits per heavy atom. The summed E-state index contributed by atoms with van der Waals surface area (Å²) in [6.07, 6.45) is 15.3. The predicted octanol–water partition coefficient (Wildman–Crippen LogP) is 7.40. The monoisotopic (exact) mass is 312 g/mol. The smallest absolute Gasteiger partial charge is 0.0233 e. The summed E-state index contributed by atoms with van der Waals surface area (Å²) >= 11 is 0. The Labute approximate surface area is 134 Å². The number of hydrogen-bond donors (Lipinski definition) is 0. The van der Waals surface area contributed by atoms with Crippen LogP contribution in [0, 0.1) is 0 Å². The van der Waals surface area contributed by atoms with E-state index in [9.17, 15) is 0 Å². The number of benzene rings is 1. The summed E-state index contributed by atoms with van der Waals surface area (Å²) in [4.78, 5) is 1.14. The van der Waals surface area contributed by atoms with Gasteiger partial charge in [0.15, 0.2) is 0 Å². The van der Waals surface area contributed by atoms with Crippen LogP contribution < -0.4 is 0 Å². The summed E-state index contributed by atoms with van der Waals surface area (Å²) in [6.45, 7) is 2.28. The van der Waals surface area contributed by atoms with E-state index in [2.05, 4.69) is 31.2 Å². The van der Waals surface area contributed by atoms with Crippen molar-refractivity contribution in [2.75, 3.05) is 0 Å². The number of hydrogen-bond acceptors (Lipinski definition) is 1. The first-order valence-electron chi connectivity index (χ1n) is 8.24. The Balaban J connectivity index is 1.91. The third-order valence-electron chi connectivity index (χ3n) is 3.83. The first-order chi connectivity index (χ1) is 9.86. The maximum absolute atomic E-state index is 5.71. The average Bonchev–Trinajstić information content (AvgIpc) is 2.50. The van der Waals surface area contributed by atoms with E-state index < -0.39 is 0 Å². The molecule has 1 aromatic carbocycles. The van der Waals surface area contributed by atoms with Gasteiger partial charge in [-0.2, -0.15) is 0 Å². The minimum Gasteiger partial charge on any atom is -0.0654 e. The summed E-state index contributed by atoms with van der Waals surface area (Å²) in [5.74, 6) is 0. The van der Waals surface area contributed by atoms with Crippen LogP contribution in [-0.2, 0) is 6.42 Å². The molecule has 0 fully saturated rings. The van der Waals surface area contributed by atoms with Crippen LogP contribution in [0.5, 0.6) is 0 Å². The standard InChI is InChI=1S/C18H29ClS/c1-2-3-4-5-6-7-8-9-10-11-12-17-13-15-18(20-19)16-14-17/h13-16H,2-12H2,1H3. The van der Waals surface area contributed by atoms with Gasteiger partial charge in [0, 0.05) is 4.90 Å². The van der Waals surface area contributed by atoms with Crippen molar-refractivity contribution in [3.63, 3.8) is 0 Å². The van der Waals surface area contributed by atoms with Crippen LogP contribution in [0.2, 0.25) is 0 Å². The summed E-state index contributed by atoms with van der Waals surface area (Å²) < 4.78 is 0. The van der Waals surface area contributed by atoms with E-state index in [0.717, 1.165) is 4.90 Å². The molecule has 0 atom stereocenters. The van der Waals surface area contributed by atoms with Crippen molar-refractivity contribution in [1.82, 2.24) is 0 Å². The van der Waals surface area contributed by atoms with Crippen LogP contribution >= 0.6 is 21.7 Å². The van der Waals surface area contributed by atoms with Gasteiger partial charge in [-0.15, -0.1) is 0 Å². The SMILES string of the molecule is CCCCCCCCCCCCc1ccc(SCl)cc1. The molecule has 0 heterocycles. The van der Waals surface area contributed by atoms with Crippen LogP contribution in [-0.4, -0.2) is 0 Å². The molecule has 2 heteroatoms. The predicted molar refractivity (Wildman–Crippen MR) is 93.7 cm³/mol. The molecule has 20 heavy (non-hydrogen) atoms. The molecule has 0 radical (unpaired) electrons. The lowest BCUT2D eigenvalue weighted by Gasteiger charge is -2.03. The fraction of sp³-hybridized carbons (Fsp3) is 0.667. The summed E-state index contributed by atoms with van der Waals surface area (Å²) in [5.41, 5.74) is 1.44. The zero-order chi connectivity index (χ0) is 14.5. The Bertz CT molecular complexity index is 321. The summed E-state index contributed by atoms with van der Waals surface area (Å²) in [6, 6.07) is 8.64. The Morgan fingerprint density at radius 3 is 1.75 bits per heavy atom. The molecule has 0 aliphatic rings. The molecule has 0 aliphatic heterocycles. The number of aryl methyl sites for hydroxylation is 1. The third kappa shape index (κ3) is 8.92. The number of halogens is 1. The van der Waals surface area contributed by atoms with Crippen molar-refractivity contribution in [2.45, 2.75) is 82.4 Å². The van der Waals surface area contributed by atoms with Gasteiger partial charge < -0.3 is 0 Å². The number of rotatable bonds is 12. The van der Waals surface area contributed by atoms with Gasteiger partial charge in [0.2, 0.25) is 0 Å². The van der Waals surface area contributed by atoms with Gasteiger partial charge >= 0.3 is 0 Å². The van der Waals surface area contributed by atoms with Crippen molar-refractivity contribution in [3.8, 4) is 0 Å². The molecule has 1 rings (SSSR count). The zero-order valence-corrected chi connectivity index (χ0v) is 14.4. The Morgan fingerprint density at radius 1 is 0.750 bits per heavy atom. The van der Waals surface area contributed by atoms with Gasteiger partial charge in [-0.05, 0) is 52.2 Å². The van der Waals surface area contributed by atoms with E-state index in [0.29, 0.717) is 0 Å². The molecule has 0 amide bonds. The van der Waals surface area contributed by atoms with E-state index in [1.165, 1.54) is 87.2 Å². The average molecular weight is 313 g/mol. The maximum atomic E-state index is 5.71. The highest BCUT2D eigenvalue weighted by Crippen LogP contribution is 2.22. The molecular formula is C18H29ClS. The van der Waals surface area contributed by atoms with Crippen LogP contribution in [0.25, 0.3) is 0 Å². The van der Waals surface area contributed by atoms with Gasteiger partial charge in [-0.25, -0.2) is 0 Å². The highest BCUT2D eigenvalue weighted by atomic mass is 35.7. The maximum Gasteiger partial charge on any atom is 0.0233 e. The van der Waals surface area contributed by atoms with Crippen molar-refractivity contribution >= 4 is 21.7 Å². The number of unbranched alkanes of at least 4 members (excludes halogenated alkanes) is 9. The van der Waals surface area contributed by atoms with Gasteiger partial charge in [0.1, 0.15) is 0 Å². The molecule has 0 bridgehead atoms. The van der Waals surface area contributed by atoms with Gasteiger partial charge in [0.25, 0.3) is 0 Å². The van der Waals surface area contributed by atoms with E-state index in [1.807, 2.05) is 0 Å². The van der Waals surface area contributed by atoms with E-state index >= 15 is 0 Å². The van der Waals surface area contributed by atoms with Gasteiger partial charge in [0.05, 0.1) is 0 Å². The molecule has 1 aromatic rings. The minimum atomic E-state index is 1.14. The lowest BCUT2D eigenvalue weighted by atomic mass is 10.0. The lowest BCUT2D eigenvalue weighted by molar-refractivity contribution is 0.556. The molecule has 0 aromatic heterocycles. The Hall–Kier alpha value is -0.140. The van der Waals surface area contributed by atoms with Crippen LogP contribution in [0.15, 0.2) is 29.2 Å². The van der Waals surface area contributed by atoms with Gasteiger partial charge in [-0.3, -0.25) is 0 Å². The molecule has 0 N–H and O–H groups in total. The Kier molecular flexibility index (Phi) is 11.3. The highest BCUT2D eigenvalue weighted by Gasteiger charge is 1.96. The largest absolute Gasteiger partial charge is 0.0654 e. The molecular weight excluding hydrogens is 284 g/mol. The van der Waals surface area contributed by atoms with E-state index in [4.69, 9.17) is 10.7 Å². The molecule has 0 saturated heterocycles. The molecule has 0 spiro atoms. The molecule has 0 unspecified atom stereocenters. The lowest BCUT2D eigenvalue weighted by Crippen LogP contribution is -1.86. The van der Waals surface area contributed by atoms with E-state index in [1.54, 1.807) is 0 Å². The molecule has 0 aliphatic carbocycles. The first-order valence-corrected chi connectivity index (χ1v) is 9.88. The van der Waals surface area contributed by atoms with Crippen molar-refractivity contribution in [2.24, 2.45) is 0 Å².